The molecule has 0 saturated carbocycles. The number of amides is 2. The zero-order valence-corrected chi connectivity index (χ0v) is 16.4. The molecule has 2 aromatic rings. The van der Waals surface area contributed by atoms with Gasteiger partial charge in [-0.3, -0.25) is 0 Å². The Kier molecular flexibility index (Phi) is 8.05. The van der Waals surface area contributed by atoms with Gasteiger partial charge in [-0.2, -0.15) is 5.10 Å². The van der Waals surface area contributed by atoms with Gasteiger partial charge < -0.3 is 19.9 Å². The molecule has 0 spiro atoms. The molecular formula is C20H20ClN3O5. The molecule has 0 aromatic heterocycles. The number of ether oxygens (including phenoxy) is 2. The topological polar surface area (TPSA) is 109 Å². The maximum absolute atomic E-state index is 11.9. The van der Waals surface area contributed by atoms with Crippen LogP contribution >= 0.6 is 11.6 Å². The molecule has 9 heteroatoms. The molecule has 0 radical (unpaired) electrons. The molecule has 0 bridgehead atoms. The monoisotopic (exact) mass is 417 g/mol. The summed E-state index contributed by atoms with van der Waals surface area (Å²) in [7, 11) is 1.44. The van der Waals surface area contributed by atoms with Crippen LogP contribution in [0.15, 0.2) is 54.2 Å². The van der Waals surface area contributed by atoms with E-state index in [1.54, 1.807) is 42.5 Å². The second kappa shape index (κ2) is 10.7. The zero-order chi connectivity index (χ0) is 21.2. The van der Waals surface area contributed by atoms with Gasteiger partial charge in [0.15, 0.2) is 18.1 Å². The van der Waals surface area contributed by atoms with Crippen molar-refractivity contribution in [2.75, 3.05) is 19.0 Å². The summed E-state index contributed by atoms with van der Waals surface area (Å²) in [4.78, 5) is 22.7. The van der Waals surface area contributed by atoms with E-state index in [1.165, 1.54) is 13.3 Å². The quantitative estimate of drug-likeness (QED) is 0.327. The van der Waals surface area contributed by atoms with Gasteiger partial charge in [-0.15, -0.1) is 6.58 Å². The molecule has 0 atom stereocenters. The van der Waals surface area contributed by atoms with Gasteiger partial charge in [0.25, 0.3) is 0 Å². The van der Waals surface area contributed by atoms with Crippen molar-refractivity contribution in [3.05, 3.63) is 65.2 Å². The molecule has 0 aliphatic carbocycles. The fourth-order valence-corrected chi connectivity index (χ4v) is 2.50. The van der Waals surface area contributed by atoms with Gasteiger partial charge in [-0.1, -0.05) is 17.7 Å². The van der Waals surface area contributed by atoms with E-state index in [2.05, 4.69) is 22.4 Å². The number of carbonyl (C=O) groups excluding carboxylic acids is 1. The number of carboxylic acids is 1. The first kappa shape index (κ1) is 21.8. The van der Waals surface area contributed by atoms with E-state index in [-0.39, 0.29) is 0 Å². The van der Waals surface area contributed by atoms with Crippen molar-refractivity contribution in [3.63, 3.8) is 0 Å². The summed E-state index contributed by atoms with van der Waals surface area (Å²) in [6.45, 7) is 3.19. The Hall–Kier alpha value is -3.52. The Morgan fingerprint density at radius 2 is 2.00 bits per heavy atom. The predicted octanol–water partition coefficient (Wildman–Crippen LogP) is 3.70. The van der Waals surface area contributed by atoms with Crippen LogP contribution in [0.1, 0.15) is 11.1 Å². The summed E-state index contributed by atoms with van der Waals surface area (Å²) in [6.07, 6.45) is 3.51. The number of hydrogen-bond donors (Lipinski definition) is 3. The number of hydrogen-bond acceptors (Lipinski definition) is 5. The Morgan fingerprint density at radius 3 is 2.62 bits per heavy atom. The SMILES string of the molecule is C=CCc1cc(/C=N/NC(=O)Nc2ccc(Cl)cc2)cc(OC)c1OCC(=O)O. The van der Waals surface area contributed by atoms with E-state index in [1.807, 2.05) is 0 Å². The van der Waals surface area contributed by atoms with Crippen molar-refractivity contribution in [1.29, 1.82) is 0 Å². The highest BCUT2D eigenvalue weighted by molar-refractivity contribution is 6.30. The number of hydrazone groups is 1. The molecule has 0 unspecified atom stereocenters. The number of allylic oxidation sites excluding steroid dienone is 1. The smallest absolute Gasteiger partial charge is 0.341 e. The lowest BCUT2D eigenvalue weighted by Crippen LogP contribution is -2.24. The lowest BCUT2D eigenvalue weighted by Gasteiger charge is -2.14. The second-order valence-electron chi connectivity index (χ2n) is 5.72. The number of methoxy groups -OCH3 is 1. The highest BCUT2D eigenvalue weighted by Gasteiger charge is 2.13. The van der Waals surface area contributed by atoms with E-state index in [4.69, 9.17) is 26.2 Å². The maximum atomic E-state index is 11.9. The lowest BCUT2D eigenvalue weighted by atomic mass is 10.1. The van der Waals surface area contributed by atoms with Crippen LogP contribution in [0.2, 0.25) is 5.02 Å². The number of urea groups is 1. The molecule has 0 aliphatic heterocycles. The molecule has 2 aromatic carbocycles. The molecule has 0 aliphatic rings. The normalized spacial score (nSPS) is 10.4. The minimum Gasteiger partial charge on any atom is -0.493 e. The molecule has 152 valence electrons. The van der Waals surface area contributed by atoms with Crippen molar-refractivity contribution in [1.82, 2.24) is 5.43 Å². The van der Waals surface area contributed by atoms with Crippen molar-refractivity contribution in [2.24, 2.45) is 5.10 Å². The predicted molar refractivity (Wildman–Crippen MR) is 111 cm³/mol. The van der Waals surface area contributed by atoms with Crippen molar-refractivity contribution in [2.45, 2.75) is 6.42 Å². The lowest BCUT2D eigenvalue weighted by molar-refractivity contribution is -0.139. The maximum Gasteiger partial charge on any atom is 0.341 e. The van der Waals surface area contributed by atoms with E-state index < -0.39 is 18.6 Å². The Bertz CT molecular complexity index is 913. The molecule has 0 heterocycles. The number of carboxylic acid groups (broad SMARTS) is 1. The van der Waals surface area contributed by atoms with Crippen LogP contribution in [0.4, 0.5) is 10.5 Å². The minimum atomic E-state index is -1.10. The third kappa shape index (κ3) is 6.86. The molecule has 2 amide bonds. The summed E-state index contributed by atoms with van der Waals surface area (Å²) < 4.78 is 10.6. The van der Waals surface area contributed by atoms with E-state index in [0.29, 0.717) is 39.8 Å². The molecule has 2 rings (SSSR count). The van der Waals surface area contributed by atoms with E-state index >= 15 is 0 Å². The molecule has 29 heavy (non-hydrogen) atoms. The largest absolute Gasteiger partial charge is 0.493 e. The van der Waals surface area contributed by atoms with Gasteiger partial charge in [0, 0.05) is 16.3 Å². The van der Waals surface area contributed by atoms with Gasteiger partial charge in [-0.25, -0.2) is 15.0 Å². The Balaban J connectivity index is 2.11. The average Bonchev–Trinajstić information content (AvgIpc) is 2.68. The van der Waals surface area contributed by atoms with Crippen molar-refractivity contribution in [3.8, 4) is 11.5 Å². The van der Waals surface area contributed by atoms with Gasteiger partial charge in [-0.05, 0) is 48.4 Å². The van der Waals surface area contributed by atoms with Crippen molar-refractivity contribution >= 4 is 35.5 Å². The van der Waals surface area contributed by atoms with Crippen LogP contribution in [-0.4, -0.2) is 37.0 Å². The standard InChI is InChI=1S/C20H20ClN3O5/c1-3-4-14-9-13(10-17(28-2)19(14)29-12-18(25)26)11-22-24-20(27)23-16-7-5-15(21)6-8-16/h3,5-11H,1,4,12H2,2H3,(H,25,26)(H2,23,24,27)/b22-11+. The summed E-state index contributed by atoms with van der Waals surface area (Å²) in [5, 5.41) is 15.9. The summed E-state index contributed by atoms with van der Waals surface area (Å²) >= 11 is 5.80. The number of aliphatic carboxylic acids is 1. The van der Waals surface area contributed by atoms with Gasteiger partial charge in [0.1, 0.15) is 0 Å². The fourth-order valence-electron chi connectivity index (χ4n) is 2.37. The van der Waals surface area contributed by atoms with Gasteiger partial charge in [0.2, 0.25) is 0 Å². The highest BCUT2D eigenvalue weighted by Crippen LogP contribution is 2.33. The van der Waals surface area contributed by atoms with Crippen LogP contribution in [0.5, 0.6) is 11.5 Å². The molecular weight excluding hydrogens is 398 g/mol. The third-order valence-electron chi connectivity index (χ3n) is 3.56. The number of halogens is 1. The molecule has 8 nitrogen and oxygen atoms in total. The van der Waals surface area contributed by atoms with Gasteiger partial charge >= 0.3 is 12.0 Å². The number of nitrogens with one attached hydrogen (secondary N) is 2. The molecule has 0 fully saturated rings. The number of carbonyl (C=O) groups is 2. The van der Waals surface area contributed by atoms with Crippen LogP contribution in [0, 0.1) is 0 Å². The van der Waals surface area contributed by atoms with Crippen LogP contribution in [0.3, 0.4) is 0 Å². The number of anilines is 1. The first-order valence-corrected chi connectivity index (χ1v) is 8.82. The summed E-state index contributed by atoms with van der Waals surface area (Å²) in [5.41, 5.74) is 4.21. The van der Waals surface area contributed by atoms with Gasteiger partial charge in [0.05, 0.1) is 13.3 Å². The second-order valence-corrected chi connectivity index (χ2v) is 6.15. The minimum absolute atomic E-state index is 0.320. The Labute approximate surface area is 172 Å². The Morgan fingerprint density at radius 1 is 1.28 bits per heavy atom. The third-order valence-corrected chi connectivity index (χ3v) is 3.81. The highest BCUT2D eigenvalue weighted by atomic mass is 35.5. The zero-order valence-electron chi connectivity index (χ0n) is 15.6. The molecule has 3 N–H and O–H groups in total. The van der Waals surface area contributed by atoms with E-state index in [9.17, 15) is 9.59 Å². The molecule has 0 saturated heterocycles. The average molecular weight is 418 g/mol. The number of benzene rings is 2. The van der Waals surface area contributed by atoms with Crippen LogP contribution in [-0.2, 0) is 11.2 Å². The van der Waals surface area contributed by atoms with Crippen LogP contribution in [0.25, 0.3) is 0 Å². The first-order chi connectivity index (χ1) is 13.9. The fraction of sp³-hybridized carbons (Fsp3) is 0.150. The van der Waals surface area contributed by atoms with Crippen molar-refractivity contribution < 1.29 is 24.2 Å². The summed E-state index contributed by atoms with van der Waals surface area (Å²) in [6, 6.07) is 9.46. The van der Waals surface area contributed by atoms with Crippen LogP contribution < -0.4 is 20.2 Å². The number of nitrogens with zero attached hydrogens (tertiary/aromatic N) is 1. The van der Waals surface area contributed by atoms with E-state index in [0.717, 1.165) is 0 Å². The first-order valence-electron chi connectivity index (χ1n) is 8.45. The number of rotatable bonds is 9. The summed E-state index contributed by atoms with van der Waals surface area (Å²) in [5.74, 6) is -0.434.